The minimum Gasteiger partial charge on any atom is -0.338 e. The van der Waals surface area contributed by atoms with Gasteiger partial charge in [0.1, 0.15) is 0 Å². The molecule has 4 N–H and O–H groups in total. The zero-order valence-corrected chi connectivity index (χ0v) is 7.33. The van der Waals surface area contributed by atoms with E-state index in [1.807, 2.05) is 0 Å². The molecule has 13 heavy (non-hydrogen) atoms. The molecule has 0 aliphatic rings. The third-order valence-corrected chi connectivity index (χ3v) is 1.29. The number of nitrogens with zero attached hydrogens (tertiary/aromatic N) is 1. The summed E-state index contributed by atoms with van der Waals surface area (Å²) in [7, 11) is 0. The number of anilines is 1. The van der Waals surface area contributed by atoms with Crippen LogP contribution in [0.4, 0.5) is 10.7 Å². The highest BCUT2D eigenvalue weighted by Crippen LogP contribution is 2.07. The Bertz CT molecular complexity index is 284. The van der Waals surface area contributed by atoms with Crippen LogP contribution in [0.3, 0.4) is 0 Å². The van der Waals surface area contributed by atoms with Crippen LogP contribution in [0, 0.1) is 6.92 Å². The van der Waals surface area contributed by atoms with E-state index >= 15 is 0 Å². The summed E-state index contributed by atoms with van der Waals surface area (Å²) in [4.78, 5) is 11.0. The van der Waals surface area contributed by atoms with Gasteiger partial charge in [-0.25, -0.2) is 4.79 Å². The molecule has 6 nitrogen and oxygen atoms in total. The van der Waals surface area contributed by atoms with Crippen molar-refractivity contribution in [1.29, 1.82) is 0 Å². The number of hydrogen-bond donors (Lipinski definition) is 3. The van der Waals surface area contributed by atoms with Crippen LogP contribution in [0.15, 0.2) is 10.6 Å². The van der Waals surface area contributed by atoms with Gasteiger partial charge in [0, 0.05) is 19.2 Å². The van der Waals surface area contributed by atoms with Gasteiger partial charge in [0.15, 0.2) is 0 Å². The predicted octanol–water partition coefficient (Wildman–Crippen LogP) is 0.0632. The second-order valence-corrected chi connectivity index (χ2v) is 2.50. The molecule has 1 aromatic rings. The molecular formula is C7H12N4O2. The Labute approximate surface area is 75.5 Å². The average molecular weight is 184 g/mol. The third kappa shape index (κ3) is 3.12. The summed E-state index contributed by atoms with van der Waals surface area (Å²) < 4.78 is 4.76. The van der Waals surface area contributed by atoms with Crippen molar-refractivity contribution >= 4 is 11.9 Å². The molecule has 1 heterocycles. The smallest absolute Gasteiger partial charge is 0.321 e. The maximum atomic E-state index is 11.0. The number of carbonyl (C=O) groups is 1. The highest BCUT2D eigenvalue weighted by atomic mass is 16.5. The van der Waals surface area contributed by atoms with E-state index in [1.165, 1.54) is 0 Å². The van der Waals surface area contributed by atoms with Gasteiger partial charge < -0.3 is 15.6 Å². The molecular weight excluding hydrogens is 172 g/mol. The van der Waals surface area contributed by atoms with Crippen molar-refractivity contribution in [2.75, 3.05) is 18.4 Å². The number of hydrogen-bond acceptors (Lipinski definition) is 4. The standard InChI is InChI=1S/C7H12N4O2/c1-5-4-6(13-11-5)10-7(12)9-3-2-8/h4H,2-3,8H2,1H3,(H2,9,10,12). The molecule has 0 bridgehead atoms. The Morgan fingerprint density at radius 3 is 3.08 bits per heavy atom. The number of nitrogens with one attached hydrogen (secondary N) is 2. The lowest BCUT2D eigenvalue weighted by molar-refractivity contribution is 0.251. The summed E-state index contributed by atoms with van der Waals surface area (Å²) in [6.45, 7) is 2.61. The molecule has 0 unspecified atom stereocenters. The van der Waals surface area contributed by atoms with Crippen LogP contribution < -0.4 is 16.4 Å². The molecule has 0 radical (unpaired) electrons. The number of aryl methyl sites for hydroxylation is 1. The maximum Gasteiger partial charge on any atom is 0.321 e. The summed E-state index contributed by atoms with van der Waals surface area (Å²) in [6, 6.07) is 1.28. The number of rotatable bonds is 3. The van der Waals surface area contributed by atoms with Gasteiger partial charge in [0.05, 0.1) is 5.69 Å². The van der Waals surface area contributed by atoms with Crippen molar-refractivity contribution < 1.29 is 9.32 Å². The van der Waals surface area contributed by atoms with Crippen molar-refractivity contribution in [3.05, 3.63) is 11.8 Å². The Kier molecular flexibility index (Phi) is 3.27. The summed E-state index contributed by atoms with van der Waals surface area (Å²) in [5, 5.41) is 8.60. The molecule has 0 aliphatic heterocycles. The number of aromatic nitrogens is 1. The van der Waals surface area contributed by atoms with E-state index in [1.54, 1.807) is 13.0 Å². The topological polar surface area (TPSA) is 93.2 Å². The number of amides is 2. The quantitative estimate of drug-likeness (QED) is 0.619. The van der Waals surface area contributed by atoms with E-state index in [4.69, 9.17) is 10.3 Å². The fourth-order valence-electron chi connectivity index (χ4n) is 0.764. The van der Waals surface area contributed by atoms with Gasteiger partial charge in [-0.05, 0) is 6.92 Å². The van der Waals surface area contributed by atoms with Gasteiger partial charge in [-0.15, -0.1) is 0 Å². The third-order valence-electron chi connectivity index (χ3n) is 1.29. The van der Waals surface area contributed by atoms with E-state index < -0.39 is 0 Å². The van der Waals surface area contributed by atoms with Crippen molar-refractivity contribution in [2.45, 2.75) is 6.92 Å². The number of carbonyl (C=O) groups excluding carboxylic acids is 1. The van der Waals surface area contributed by atoms with Gasteiger partial charge in [0.2, 0.25) is 5.88 Å². The lowest BCUT2D eigenvalue weighted by atomic mass is 10.5. The molecule has 6 heteroatoms. The predicted molar refractivity (Wildman–Crippen MR) is 47.3 cm³/mol. The van der Waals surface area contributed by atoms with Crippen LogP contribution in [0.5, 0.6) is 0 Å². The first-order valence-electron chi connectivity index (χ1n) is 3.90. The van der Waals surface area contributed by atoms with E-state index in [-0.39, 0.29) is 6.03 Å². The zero-order chi connectivity index (χ0) is 9.68. The normalized spacial score (nSPS) is 9.69. The second-order valence-electron chi connectivity index (χ2n) is 2.50. The fourth-order valence-corrected chi connectivity index (χ4v) is 0.764. The first-order chi connectivity index (χ1) is 6.22. The van der Waals surface area contributed by atoms with Gasteiger partial charge in [0.25, 0.3) is 0 Å². The van der Waals surface area contributed by atoms with Gasteiger partial charge >= 0.3 is 6.03 Å². The lowest BCUT2D eigenvalue weighted by Crippen LogP contribution is -2.32. The maximum absolute atomic E-state index is 11.0. The molecule has 0 spiro atoms. The van der Waals surface area contributed by atoms with E-state index in [0.29, 0.717) is 24.7 Å². The SMILES string of the molecule is Cc1cc(NC(=O)NCCN)on1. The summed E-state index contributed by atoms with van der Waals surface area (Å²) in [5.41, 5.74) is 5.91. The molecule has 0 aromatic carbocycles. The Morgan fingerprint density at radius 1 is 1.77 bits per heavy atom. The van der Waals surface area contributed by atoms with Crippen LogP contribution in [0.25, 0.3) is 0 Å². The van der Waals surface area contributed by atoms with Crippen molar-refractivity contribution in [2.24, 2.45) is 5.73 Å². The van der Waals surface area contributed by atoms with Gasteiger partial charge in [-0.2, -0.15) is 0 Å². The second kappa shape index (κ2) is 4.46. The summed E-state index contributed by atoms with van der Waals surface area (Å²) in [5.74, 6) is 0.326. The Balaban J connectivity index is 2.36. The van der Waals surface area contributed by atoms with E-state index in [2.05, 4.69) is 15.8 Å². The molecule has 0 fully saturated rings. The molecule has 2 amide bonds. The molecule has 72 valence electrons. The van der Waals surface area contributed by atoms with Crippen LogP contribution >= 0.6 is 0 Å². The van der Waals surface area contributed by atoms with Crippen molar-refractivity contribution in [3.63, 3.8) is 0 Å². The first-order valence-corrected chi connectivity index (χ1v) is 3.90. The zero-order valence-electron chi connectivity index (χ0n) is 7.33. The lowest BCUT2D eigenvalue weighted by Gasteiger charge is -2.01. The first kappa shape index (κ1) is 9.53. The van der Waals surface area contributed by atoms with Crippen molar-refractivity contribution in [3.8, 4) is 0 Å². The van der Waals surface area contributed by atoms with Crippen LogP contribution in [-0.2, 0) is 0 Å². The van der Waals surface area contributed by atoms with Gasteiger partial charge in [-0.3, -0.25) is 5.32 Å². The van der Waals surface area contributed by atoms with Crippen LogP contribution in [-0.4, -0.2) is 24.3 Å². The van der Waals surface area contributed by atoms with E-state index in [9.17, 15) is 4.79 Å². The molecule has 1 aromatic heterocycles. The van der Waals surface area contributed by atoms with Crippen molar-refractivity contribution in [1.82, 2.24) is 10.5 Å². The number of nitrogens with two attached hydrogens (primary N) is 1. The molecule has 0 atom stereocenters. The number of urea groups is 1. The molecule has 0 saturated carbocycles. The fraction of sp³-hybridized carbons (Fsp3) is 0.429. The monoisotopic (exact) mass is 184 g/mol. The molecule has 0 aliphatic carbocycles. The highest BCUT2D eigenvalue weighted by Gasteiger charge is 2.04. The molecule has 0 saturated heterocycles. The highest BCUT2D eigenvalue weighted by molar-refractivity contribution is 5.87. The van der Waals surface area contributed by atoms with E-state index in [0.717, 1.165) is 0 Å². The average Bonchev–Trinajstić information content (AvgIpc) is 2.48. The summed E-state index contributed by atoms with van der Waals surface area (Å²) >= 11 is 0. The Morgan fingerprint density at radius 2 is 2.54 bits per heavy atom. The molecule has 1 rings (SSSR count). The Hall–Kier alpha value is -1.56. The summed E-state index contributed by atoms with van der Waals surface area (Å²) in [6.07, 6.45) is 0. The minimum absolute atomic E-state index is 0.326. The van der Waals surface area contributed by atoms with Gasteiger partial charge in [-0.1, -0.05) is 5.16 Å². The van der Waals surface area contributed by atoms with Crippen LogP contribution in [0.2, 0.25) is 0 Å². The largest absolute Gasteiger partial charge is 0.338 e. The van der Waals surface area contributed by atoms with Crippen LogP contribution in [0.1, 0.15) is 5.69 Å². The minimum atomic E-state index is -0.346.